The lowest BCUT2D eigenvalue weighted by atomic mass is 9.86. The fraction of sp³-hybridized carbons (Fsp3) is 0.571. The van der Waals surface area contributed by atoms with Crippen LogP contribution in [-0.2, 0) is 20.7 Å². The highest BCUT2D eigenvalue weighted by molar-refractivity contribution is 7.09. The van der Waals surface area contributed by atoms with Crippen molar-refractivity contribution < 1.29 is 19.4 Å². The highest BCUT2D eigenvalue weighted by atomic mass is 32.1. The lowest BCUT2D eigenvalue weighted by molar-refractivity contribution is -0.140. The van der Waals surface area contributed by atoms with Crippen LogP contribution in [0.3, 0.4) is 0 Å². The molecule has 110 valence electrons. The van der Waals surface area contributed by atoms with Crippen molar-refractivity contribution in [1.82, 2.24) is 5.32 Å². The summed E-state index contributed by atoms with van der Waals surface area (Å²) < 4.78 is 5.26. The Morgan fingerprint density at radius 2 is 2.15 bits per heavy atom. The summed E-state index contributed by atoms with van der Waals surface area (Å²) in [5, 5.41) is 13.9. The number of carbonyl (C=O) groups excluding carboxylic acids is 1. The molecule has 2 heterocycles. The van der Waals surface area contributed by atoms with Crippen molar-refractivity contribution >= 4 is 23.2 Å². The third-order valence-electron chi connectivity index (χ3n) is 3.52. The second-order valence-electron chi connectivity index (χ2n) is 5.09. The number of thiophene rings is 1. The van der Waals surface area contributed by atoms with E-state index in [9.17, 15) is 9.59 Å². The van der Waals surface area contributed by atoms with E-state index in [1.165, 1.54) is 4.88 Å². The first-order valence-corrected chi connectivity index (χ1v) is 7.61. The van der Waals surface area contributed by atoms with Gasteiger partial charge in [-0.2, -0.15) is 0 Å². The molecule has 1 aliphatic heterocycles. The number of nitrogens with one attached hydrogen (secondary N) is 1. The van der Waals surface area contributed by atoms with Crippen molar-refractivity contribution in [1.29, 1.82) is 0 Å². The molecule has 0 saturated carbocycles. The zero-order valence-electron chi connectivity index (χ0n) is 11.3. The molecule has 1 aliphatic rings. The molecule has 1 saturated heterocycles. The maximum atomic E-state index is 12.1. The number of carboxylic acid groups (broad SMARTS) is 1. The summed E-state index contributed by atoms with van der Waals surface area (Å²) in [5.74, 6) is -0.966. The number of rotatable bonds is 6. The third-order valence-corrected chi connectivity index (χ3v) is 4.46. The minimum atomic E-state index is -0.884. The maximum Gasteiger partial charge on any atom is 0.305 e. The Kier molecular flexibility index (Phi) is 5.14. The largest absolute Gasteiger partial charge is 0.481 e. The number of aliphatic carboxylic acids is 1. The zero-order chi connectivity index (χ0) is 14.4. The molecule has 20 heavy (non-hydrogen) atoms. The molecule has 0 spiro atoms. The average Bonchev–Trinajstić information content (AvgIpc) is 2.89. The first kappa shape index (κ1) is 15.0. The highest BCUT2D eigenvalue weighted by Crippen LogP contribution is 2.25. The second-order valence-corrected chi connectivity index (χ2v) is 6.12. The van der Waals surface area contributed by atoms with Crippen LogP contribution < -0.4 is 5.32 Å². The molecule has 0 radical (unpaired) electrons. The molecule has 2 N–H and O–H groups in total. The molecular formula is C14H19NO4S. The van der Waals surface area contributed by atoms with Gasteiger partial charge in [0.1, 0.15) is 0 Å². The van der Waals surface area contributed by atoms with Gasteiger partial charge in [-0.05, 0) is 30.7 Å². The Morgan fingerprint density at radius 1 is 1.40 bits per heavy atom. The minimum absolute atomic E-state index is 0.0406. The summed E-state index contributed by atoms with van der Waals surface area (Å²) in [6.45, 7) is 0.997. The fourth-order valence-corrected chi connectivity index (χ4v) is 3.16. The number of hydrogen-bond acceptors (Lipinski definition) is 4. The van der Waals surface area contributed by atoms with E-state index in [1.807, 2.05) is 17.5 Å². The molecule has 1 aromatic rings. The van der Waals surface area contributed by atoms with Crippen molar-refractivity contribution in [3.63, 3.8) is 0 Å². The molecule has 0 bridgehead atoms. The molecular weight excluding hydrogens is 278 g/mol. The first-order chi connectivity index (χ1) is 9.60. The van der Waals surface area contributed by atoms with Gasteiger partial charge < -0.3 is 15.2 Å². The van der Waals surface area contributed by atoms with Crippen molar-refractivity contribution in [3.8, 4) is 0 Å². The van der Waals surface area contributed by atoms with Crippen molar-refractivity contribution in [2.24, 2.45) is 0 Å². The maximum absolute atomic E-state index is 12.1. The Bertz CT molecular complexity index is 452. The normalized spacial score (nSPS) is 17.6. The van der Waals surface area contributed by atoms with Gasteiger partial charge in [0.15, 0.2) is 0 Å². The smallest absolute Gasteiger partial charge is 0.305 e. The quantitative estimate of drug-likeness (QED) is 0.840. The second kappa shape index (κ2) is 6.85. The Morgan fingerprint density at radius 3 is 2.75 bits per heavy atom. The van der Waals surface area contributed by atoms with Crippen LogP contribution in [0.25, 0.3) is 0 Å². The van der Waals surface area contributed by atoms with E-state index in [0.717, 1.165) is 0 Å². The molecule has 0 aromatic carbocycles. The molecule has 0 unspecified atom stereocenters. The third kappa shape index (κ3) is 4.31. The van der Waals surface area contributed by atoms with E-state index >= 15 is 0 Å². The Labute approximate surface area is 121 Å². The molecule has 1 fully saturated rings. The molecule has 0 aliphatic carbocycles. The molecule has 1 aromatic heterocycles. The van der Waals surface area contributed by atoms with E-state index in [-0.39, 0.29) is 12.3 Å². The average molecular weight is 297 g/mol. The summed E-state index contributed by atoms with van der Waals surface area (Å²) in [7, 11) is 0. The van der Waals surface area contributed by atoms with Crippen LogP contribution >= 0.6 is 11.3 Å². The van der Waals surface area contributed by atoms with E-state index in [0.29, 0.717) is 38.9 Å². The summed E-state index contributed by atoms with van der Waals surface area (Å²) in [6, 6.07) is 3.96. The minimum Gasteiger partial charge on any atom is -0.481 e. The lowest BCUT2D eigenvalue weighted by Gasteiger charge is -2.36. The Balaban J connectivity index is 1.89. The van der Waals surface area contributed by atoms with Crippen LogP contribution in [0.2, 0.25) is 0 Å². The van der Waals surface area contributed by atoms with Crippen LogP contribution in [0.4, 0.5) is 0 Å². The van der Waals surface area contributed by atoms with Gasteiger partial charge in [0.25, 0.3) is 0 Å². The number of amides is 1. The van der Waals surface area contributed by atoms with Gasteiger partial charge in [-0.15, -0.1) is 11.3 Å². The molecule has 5 nitrogen and oxygen atoms in total. The molecule has 6 heteroatoms. The van der Waals surface area contributed by atoms with E-state index in [4.69, 9.17) is 9.84 Å². The number of aryl methyl sites for hydroxylation is 1. The van der Waals surface area contributed by atoms with Crippen molar-refractivity contribution in [2.45, 2.75) is 37.6 Å². The van der Waals surface area contributed by atoms with E-state index in [2.05, 4.69) is 5.32 Å². The van der Waals surface area contributed by atoms with Gasteiger partial charge in [-0.25, -0.2) is 0 Å². The van der Waals surface area contributed by atoms with Gasteiger partial charge in [0, 0.05) is 24.5 Å². The number of carboxylic acids is 1. The lowest BCUT2D eigenvalue weighted by Crippen LogP contribution is -2.53. The summed E-state index contributed by atoms with van der Waals surface area (Å²) in [4.78, 5) is 24.2. The van der Waals surface area contributed by atoms with Crippen molar-refractivity contribution in [3.05, 3.63) is 22.4 Å². The monoisotopic (exact) mass is 297 g/mol. The molecule has 1 amide bonds. The Hall–Kier alpha value is -1.40. The SMILES string of the molecule is O=C(O)CC1(NC(=O)CCc2cccs2)CCOCC1. The summed E-state index contributed by atoms with van der Waals surface area (Å²) >= 11 is 1.63. The topological polar surface area (TPSA) is 75.6 Å². The summed E-state index contributed by atoms with van der Waals surface area (Å²) in [6.07, 6.45) is 2.17. The van der Waals surface area contributed by atoms with Gasteiger partial charge in [-0.3, -0.25) is 9.59 Å². The summed E-state index contributed by atoms with van der Waals surface area (Å²) in [5.41, 5.74) is -0.642. The van der Waals surface area contributed by atoms with Crippen LogP contribution in [0.15, 0.2) is 17.5 Å². The molecule has 0 atom stereocenters. The van der Waals surface area contributed by atoms with E-state index < -0.39 is 11.5 Å². The molecule has 2 rings (SSSR count). The van der Waals surface area contributed by atoms with Gasteiger partial charge in [0.05, 0.1) is 12.0 Å². The van der Waals surface area contributed by atoms with Crippen LogP contribution in [0.5, 0.6) is 0 Å². The predicted octanol–water partition coefficient (Wildman–Crippen LogP) is 1.82. The zero-order valence-corrected chi connectivity index (χ0v) is 12.1. The van der Waals surface area contributed by atoms with Crippen LogP contribution in [0, 0.1) is 0 Å². The number of carbonyl (C=O) groups is 2. The van der Waals surface area contributed by atoms with Crippen LogP contribution in [0.1, 0.15) is 30.6 Å². The van der Waals surface area contributed by atoms with Gasteiger partial charge in [0.2, 0.25) is 5.91 Å². The highest BCUT2D eigenvalue weighted by Gasteiger charge is 2.36. The standard InChI is InChI=1S/C14H19NO4S/c16-12(4-3-11-2-1-9-20-11)15-14(10-13(17)18)5-7-19-8-6-14/h1-2,9H,3-8,10H2,(H,15,16)(H,17,18). The predicted molar refractivity (Wildman–Crippen MR) is 75.8 cm³/mol. The number of ether oxygens (including phenoxy) is 1. The van der Waals surface area contributed by atoms with Gasteiger partial charge in [-0.1, -0.05) is 6.07 Å². The van der Waals surface area contributed by atoms with Crippen LogP contribution in [-0.4, -0.2) is 35.7 Å². The fourth-order valence-electron chi connectivity index (χ4n) is 2.45. The van der Waals surface area contributed by atoms with Gasteiger partial charge >= 0.3 is 5.97 Å². The first-order valence-electron chi connectivity index (χ1n) is 6.73. The number of hydrogen-bond donors (Lipinski definition) is 2. The van der Waals surface area contributed by atoms with E-state index in [1.54, 1.807) is 11.3 Å². The van der Waals surface area contributed by atoms with Crippen molar-refractivity contribution in [2.75, 3.05) is 13.2 Å².